The topological polar surface area (TPSA) is 29.0 Å². The Kier molecular flexibility index (Phi) is 2.94. The molecule has 0 spiro atoms. The van der Waals surface area contributed by atoms with Crippen LogP contribution < -0.4 is 4.90 Å². The van der Waals surface area contributed by atoms with Crippen molar-refractivity contribution in [2.45, 2.75) is 26.2 Å². The lowest BCUT2D eigenvalue weighted by Gasteiger charge is -2.19. The first-order chi connectivity index (χ1) is 8.56. The third-order valence-electron chi connectivity index (χ3n) is 3.53. The van der Waals surface area contributed by atoms with Crippen molar-refractivity contribution in [3.63, 3.8) is 0 Å². The number of nitrogens with zero attached hydrogens (tertiary/aromatic N) is 3. The van der Waals surface area contributed by atoms with Crippen LogP contribution in [0.15, 0.2) is 0 Å². The Balaban J connectivity index is 2.29. The summed E-state index contributed by atoms with van der Waals surface area (Å²) >= 11 is 7.80. The summed E-state index contributed by atoms with van der Waals surface area (Å²) in [7, 11) is 4.02. The summed E-state index contributed by atoms with van der Waals surface area (Å²) in [5.41, 5.74) is 1.45. The first kappa shape index (κ1) is 12.2. The molecule has 0 saturated heterocycles. The van der Waals surface area contributed by atoms with E-state index in [9.17, 15) is 0 Å². The van der Waals surface area contributed by atoms with Gasteiger partial charge in [0.25, 0.3) is 0 Å². The Labute approximate surface area is 116 Å². The minimum absolute atomic E-state index is 0.345. The van der Waals surface area contributed by atoms with Crippen molar-refractivity contribution in [1.82, 2.24) is 9.97 Å². The summed E-state index contributed by atoms with van der Waals surface area (Å²) < 4.78 is 0. The summed E-state index contributed by atoms with van der Waals surface area (Å²) in [5.74, 6) is 1.73. The van der Waals surface area contributed by atoms with Crippen LogP contribution in [-0.2, 0) is 12.8 Å². The lowest BCUT2D eigenvalue weighted by Crippen LogP contribution is -2.13. The summed E-state index contributed by atoms with van der Waals surface area (Å²) in [5, 5.41) is 1.56. The lowest BCUT2D eigenvalue weighted by atomic mass is 9.89. The quantitative estimate of drug-likeness (QED) is 0.749. The maximum Gasteiger partial charge on any atom is 0.225 e. The van der Waals surface area contributed by atoms with E-state index in [1.807, 2.05) is 19.0 Å². The number of thiophene rings is 1. The smallest absolute Gasteiger partial charge is 0.225 e. The SMILES string of the molecule is CC1CCc2c(sc3nc(Cl)nc(N(C)C)c23)C1. The van der Waals surface area contributed by atoms with Gasteiger partial charge in [-0.3, -0.25) is 0 Å². The van der Waals surface area contributed by atoms with Gasteiger partial charge in [0.15, 0.2) is 0 Å². The van der Waals surface area contributed by atoms with Crippen LogP contribution in [0, 0.1) is 5.92 Å². The molecule has 0 fully saturated rings. The Morgan fingerprint density at radius 2 is 2.11 bits per heavy atom. The van der Waals surface area contributed by atoms with E-state index >= 15 is 0 Å². The van der Waals surface area contributed by atoms with Crippen LogP contribution in [0.25, 0.3) is 10.2 Å². The van der Waals surface area contributed by atoms with Gasteiger partial charge in [-0.25, -0.2) is 4.98 Å². The number of hydrogen-bond donors (Lipinski definition) is 0. The summed E-state index contributed by atoms with van der Waals surface area (Å²) in [4.78, 5) is 13.3. The second-order valence-electron chi connectivity index (χ2n) is 5.24. The van der Waals surface area contributed by atoms with E-state index in [4.69, 9.17) is 11.6 Å². The zero-order chi connectivity index (χ0) is 12.9. The molecule has 2 aromatic heterocycles. The van der Waals surface area contributed by atoms with Crippen molar-refractivity contribution < 1.29 is 0 Å². The van der Waals surface area contributed by atoms with Gasteiger partial charge in [0.2, 0.25) is 5.28 Å². The molecule has 1 unspecified atom stereocenters. The second-order valence-corrected chi connectivity index (χ2v) is 6.66. The van der Waals surface area contributed by atoms with Crippen molar-refractivity contribution in [2.24, 2.45) is 5.92 Å². The van der Waals surface area contributed by atoms with E-state index in [-0.39, 0.29) is 0 Å². The predicted molar refractivity (Wildman–Crippen MR) is 77.9 cm³/mol. The fourth-order valence-electron chi connectivity index (χ4n) is 2.62. The highest BCUT2D eigenvalue weighted by molar-refractivity contribution is 7.19. The predicted octanol–water partition coefficient (Wildman–Crippen LogP) is 3.54. The molecule has 96 valence electrons. The van der Waals surface area contributed by atoms with Gasteiger partial charge in [0, 0.05) is 19.0 Å². The molecule has 0 saturated carbocycles. The number of aryl methyl sites for hydroxylation is 1. The summed E-state index contributed by atoms with van der Waals surface area (Å²) in [6.07, 6.45) is 3.57. The second kappa shape index (κ2) is 4.35. The Morgan fingerprint density at radius 3 is 2.83 bits per heavy atom. The number of aromatic nitrogens is 2. The maximum atomic E-state index is 6.02. The first-order valence-corrected chi connectivity index (χ1v) is 7.41. The minimum Gasteiger partial charge on any atom is -0.362 e. The molecule has 3 rings (SSSR count). The van der Waals surface area contributed by atoms with Crippen molar-refractivity contribution in [1.29, 1.82) is 0 Å². The van der Waals surface area contributed by atoms with E-state index in [2.05, 4.69) is 16.9 Å². The monoisotopic (exact) mass is 281 g/mol. The highest BCUT2D eigenvalue weighted by Gasteiger charge is 2.24. The van der Waals surface area contributed by atoms with E-state index < -0.39 is 0 Å². The third-order valence-corrected chi connectivity index (χ3v) is 4.85. The Morgan fingerprint density at radius 1 is 1.33 bits per heavy atom. The zero-order valence-corrected chi connectivity index (χ0v) is 12.4. The zero-order valence-electron chi connectivity index (χ0n) is 10.8. The molecule has 2 aromatic rings. The third kappa shape index (κ3) is 1.88. The van der Waals surface area contributed by atoms with Gasteiger partial charge < -0.3 is 4.90 Å². The molecule has 0 aromatic carbocycles. The van der Waals surface area contributed by atoms with E-state index in [0.29, 0.717) is 5.28 Å². The molecule has 3 nitrogen and oxygen atoms in total. The summed E-state index contributed by atoms with van der Waals surface area (Å²) in [6.45, 7) is 2.32. The standard InChI is InChI=1S/C13H16ClN3S/c1-7-4-5-8-9(6-7)18-12-10(8)11(17(2)3)15-13(14)16-12/h7H,4-6H2,1-3H3. The van der Waals surface area contributed by atoms with Crippen LogP contribution in [0.5, 0.6) is 0 Å². The molecule has 1 aliphatic carbocycles. The van der Waals surface area contributed by atoms with E-state index in [1.165, 1.54) is 28.7 Å². The first-order valence-electron chi connectivity index (χ1n) is 6.21. The average molecular weight is 282 g/mol. The van der Waals surface area contributed by atoms with Crippen molar-refractivity contribution in [3.8, 4) is 0 Å². The van der Waals surface area contributed by atoms with Crippen LogP contribution in [0.2, 0.25) is 5.28 Å². The van der Waals surface area contributed by atoms with Gasteiger partial charge in [-0.1, -0.05) is 6.92 Å². The molecule has 2 heterocycles. The normalized spacial score (nSPS) is 19.0. The van der Waals surface area contributed by atoms with E-state index in [1.54, 1.807) is 11.3 Å². The molecule has 0 aliphatic heterocycles. The fraction of sp³-hybridized carbons (Fsp3) is 0.538. The molecule has 18 heavy (non-hydrogen) atoms. The lowest BCUT2D eigenvalue weighted by molar-refractivity contribution is 0.509. The van der Waals surface area contributed by atoms with Crippen molar-refractivity contribution in [3.05, 3.63) is 15.7 Å². The van der Waals surface area contributed by atoms with Crippen LogP contribution in [0.3, 0.4) is 0 Å². The molecule has 0 bridgehead atoms. The molecule has 5 heteroatoms. The molecule has 0 radical (unpaired) electrons. The Hall–Kier alpha value is -0.870. The number of rotatable bonds is 1. The van der Waals surface area contributed by atoms with Crippen LogP contribution in [-0.4, -0.2) is 24.1 Å². The maximum absolute atomic E-state index is 6.02. The molecule has 0 amide bonds. The number of anilines is 1. The van der Waals surface area contributed by atoms with Crippen LogP contribution in [0.1, 0.15) is 23.8 Å². The van der Waals surface area contributed by atoms with Gasteiger partial charge in [0.05, 0.1) is 5.39 Å². The van der Waals surface area contributed by atoms with Gasteiger partial charge in [-0.2, -0.15) is 4.98 Å². The van der Waals surface area contributed by atoms with Gasteiger partial charge in [-0.15, -0.1) is 11.3 Å². The van der Waals surface area contributed by atoms with Crippen molar-refractivity contribution >= 4 is 39.0 Å². The van der Waals surface area contributed by atoms with Crippen molar-refractivity contribution in [2.75, 3.05) is 19.0 Å². The van der Waals surface area contributed by atoms with Gasteiger partial charge in [-0.05, 0) is 42.3 Å². The largest absolute Gasteiger partial charge is 0.362 e. The molecule has 0 N–H and O–H groups in total. The van der Waals surface area contributed by atoms with Crippen LogP contribution in [0.4, 0.5) is 5.82 Å². The Bertz CT molecular complexity index is 606. The average Bonchev–Trinajstić information content (AvgIpc) is 2.64. The molecular formula is C13H16ClN3S. The van der Waals surface area contributed by atoms with E-state index in [0.717, 1.165) is 23.0 Å². The van der Waals surface area contributed by atoms with Gasteiger partial charge >= 0.3 is 0 Å². The summed E-state index contributed by atoms with van der Waals surface area (Å²) in [6, 6.07) is 0. The molecule has 1 aliphatic rings. The number of fused-ring (bicyclic) bond motifs is 3. The minimum atomic E-state index is 0.345. The number of halogens is 1. The highest BCUT2D eigenvalue weighted by Crippen LogP contribution is 2.40. The van der Waals surface area contributed by atoms with Gasteiger partial charge in [0.1, 0.15) is 10.6 Å². The fourth-order valence-corrected chi connectivity index (χ4v) is 4.21. The highest BCUT2D eigenvalue weighted by atomic mass is 35.5. The number of hydrogen-bond acceptors (Lipinski definition) is 4. The molecule has 1 atom stereocenters. The molecular weight excluding hydrogens is 266 g/mol. The van der Waals surface area contributed by atoms with Crippen LogP contribution >= 0.6 is 22.9 Å².